The van der Waals surface area contributed by atoms with Crippen LogP contribution in [-0.2, 0) is 11.3 Å². The van der Waals surface area contributed by atoms with E-state index in [1.165, 1.54) is 12.8 Å². The van der Waals surface area contributed by atoms with Gasteiger partial charge in [0, 0.05) is 24.8 Å². The van der Waals surface area contributed by atoms with E-state index in [1.807, 2.05) is 31.5 Å². The van der Waals surface area contributed by atoms with Gasteiger partial charge in [-0.2, -0.15) is 0 Å². The molecule has 1 aromatic heterocycles. The molecule has 5 nitrogen and oxygen atoms in total. The van der Waals surface area contributed by atoms with Gasteiger partial charge in [0.15, 0.2) is 0 Å². The number of nitrogens with one attached hydrogen (secondary N) is 2. The maximum atomic E-state index is 12.0. The molecular formula is C13H22N4O. The van der Waals surface area contributed by atoms with E-state index < -0.39 is 0 Å². The van der Waals surface area contributed by atoms with E-state index in [4.69, 9.17) is 0 Å². The van der Waals surface area contributed by atoms with Crippen molar-refractivity contribution in [1.29, 1.82) is 0 Å². The molecule has 1 amide bonds. The molecular weight excluding hydrogens is 228 g/mol. The zero-order valence-electron chi connectivity index (χ0n) is 11.3. The Morgan fingerprint density at radius 3 is 2.83 bits per heavy atom. The number of imidazole rings is 1. The van der Waals surface area contributed by atoms with Gasteiger partial charge in [0.2, 0.25) is 5.91 Å². The molecule has 1 aromatic rings. The summed E-state index contributed by atoms with van der Waals surface area (Å²) in [7, 11) is 0. The number of nitrogens with zero attached hydrogens (tertiary/aromatic N) is 2. The van der Waals surface area contributed by atoms with Crippen LogP contribution in [0.25, 0.3) is 0 Å². The summed E-state index contributed by atoms with van der Waals surface area (Å²) in [5.74, 6) is 0.0377. The van der Waals surface area contributed by atoms with Crippen LogP contribution in [0.3, 0.4) is 0 Å². The van der Waals surface area contributed by atoms with Crippen molar-refractivity contribution in [3.63, 3.8) is 0 Å². The van der Waals surface area contributed by atoms with Crippen molar-refractivity contribution in [3.05, 3.63) is 18.2 Å². The minimum atomic E-state index is -0.217. The highest BCUT2D eigenvalue weighted by Gasteiger charge is 2.22. The first kappa shape index (κ1) is 13.1. The molecule has 0 aliphatic heterocycles. The van der Waals surface area contributed by atoms with Crippen molar-refractivity contribution >= 4 is 5.91 Å². The van der Waals surface area contributed by atoms with Gasteiger partial charge in [-0.3, -0.25) is 4.79 Å². The highest BCUT2D eigenvalue weighted by molar-refractivity contribution is 5.80. The standard InChI is InChI=1S/C13H22N4O/c1-9(2)16-13(18)10(3)17-8-14-6-12(17)7-15-11-4-5-11/h6,8-11,15H,4-5,7H2,1-3H3,(H,16,18). The fraction of sp³-hybridized carbons (Fsp3) is 0.692. The van der Waals surface area contributed by atoms with E-state index >= 15 is 0 Å². The molecule has 2 N–H and O–H groups in total. The van der Waals surface area contributed by atoms with E-state index in [9.17, 15) is 4.79 Å². The molecule has 0 spiro atoms. The number of carbonyl (C=O) groups is 1. The van der Waals surface area contributed by atoms with Gasteiger partial charge in [-0.05, 0) is 33.6 Å². The topological polar surface area (TPSA) is 59.0 Å². The van der Waals surface area contributed by atoms with Crippen LogP contribution in [-0.4, -0.2) is 27.5 Å². The highest BCUT2D eigenvalue weighted by atomic mass is 16.2. The van der Waals surface area contributed by atoms with Crippen LogP contribution < -0.4 is 10.6 Å². The van der Waals surface area contributed by atoms with Gasteiger partial charge in [0.1, 0.15) is 6.04 Å². The molecule has 0 aromatic carbocycles. The smallest absolute Gasteiger partial charge is 0.243 e. The lowest BCUT2D eigenvalue weighted by Gasteiger charge is -2.18. The summed E-state index contributed by atoms with van der Waals surface area (Å²) in [6, 6.07) is 0.607. The Hall–Kier alpha value is -1.36. The monoisotopic (exact) mass is 250 g/mol. The average Bonchev–Trinajstić information content (AvgIpc) is 3.02. The number of amides is 1. The zero-order valence-corrected chi connectivity index (χ0v) is 11.3. The van der Waals surface area contributed by atoms with Gasteiger partial charge in [0.25, 0.3) is 0 Å². The van der Waals surface area contributed by atoms with Crippen LogP contribution in [0.2, 0.25) is 0 Å². The molecule has 2 rings (SSSR count). The summed E-state index contributed by atoms with van der Waals surface area (Å²) >= 11 is 0. The van der Waals surface area contributed by atoms with Gasteiger partial charge in [-0.25, -0.2) is 4.98 Å². The van der Waals surface area contributed by atoms with Crippen molar-refractivity contribution in [2.24, 2.45) is 0 Å². The van der Waals surface area contributed by atoms with Gasteiger partial charge in [-0.15, -0.1) is 0 Å². The second kappa shape index (κ2) is 5.52. The van der Waals surface area contributed by atoms with Crippen LogP contribution in [0.15, 0.2) is 12.5 Å². The van der Waals surface area contributed by atoms with E-state index in [1.54, 1.807) is 6.33 Å². The van der Waals surface area contributed by atoms with Crippen LogP contribution in [0.5, 0.6) is 0 Å². The number of rotatable bonds is 6. The molecule has 0 saturated heterocycles. The third kappa shape index (κ3) is 3.32. The quantitative estimate of drug-likeness (QED) is 0.798. The molecule has 18 heavy (non-hydrogen) atoms. The first-order valence-electron chi connectivity index (χ1n) is 6.62. The Bertz CT molecular complexity index is 409. The molecule has 5 heteroatoms. The fourth-order valence-electron chi connectivity index (χ4n) is 1.89. The highest BCUT2D eigenvalue weighted by Crippen LogP contribution is 2.19. The van der Waals surface area contributed by atoms with Gasteiger partial charge >= 0.3 is 0 Å². The first-order valence-corrected chi connectivity index (χ1v) is 6.62. The molecule has 1 heterocycles. The van der Waals surface area contributed by atoms with Crippen molar-refractivity contribution in [2.75, 3.05) is 0 Å². The van der Waals surface area contributed by atoms with Crippen molar-refractivity contribution < 1.29 is 4.79 Å². The molecule has 0 bridgehead atoms. The van der Waals surface area contributed by atoms with Gasteiger partial charge in [-0.1, -0.05) is 0 Å². The van der Waals surface area contributed by atoms with E-state index in [0.717, 1.165) is 12.2 Å². The Labute approximate surface area is 108 Å². The third-order valence-corrected chi connectivity index (χ3v) is 3.12. The maximum absolute atomic E-state index is 12.0. The minimum absolute atomic E-state index is 0.0377. The summed E-state index contributed by atoms with van der Waals surface area (Å²) in [6.45, 7) is 6.62. The normalized spacial score (nSPS) is 16.9. The Morgan fingerprint density at radius 2 is 2.22 bits per heavy atom. The summed E-state index contributed by atoms with van der Waals surface area (Å²) in [4.78, 5) is 16.1. The molecule has 1 fully saturated rings. The zero-order chi connectivity index (χ0) is 13.1. The largest absolute Gasteiger partial charge is 0.352 e. The molecule has 1 unspecified atom stereocenters. The number of hydrogen-bond acceptors (Lipinski definition) is 3. The van der Waals surface area contributed by atoms with Crippen LogP contribution in [0.4, 0.5) is 0 Å². The summed E-state index contributed by atoms with van der Waals surface area (Å²) in [5, 5.41) is 6.37. The average molecular weight is 250 g/mol. The molecule has 100 valence electrons. The van der Waals surface area contributed by atoms with Crippen molar-refractivity contribution in [3.8, 4) is 0 Å². The molecule has 1 saturated carbocycles. The van der Waals surface area contributed by atoms with Gasteiger partial charge < -0.3 is 15.2 Å². The summed E-state index contributed by atoms with van der Waals surface area (Å²) in [6.07, 6.45) is 6.08. The van der Waals surface area contributed by atoms with E-state index in [2.05, 4.69) is 15.6 Å². The lowest BCUT2D eigenvalue weighted by Crippen LogP contribution is -2.36. The van der Waals surface area contributed by atoms with Crippen LogP contribution in [0, 0.1) is 0 Å². The van der Waals surface area contributed by atoms with Crippen LogP contribution >= 0.6 is 0 Å². The number of hydrogen-bond donors (Lipinski definition) is 2. The molecule has 1 aliphatic rings. The lowest BCUT2D eigenvalue weighted by molar-refractivity contribution is -0.124. The predicted octanol–water partition coefficient (Wildman–Crippen LogP) is 1.22. The molecule has 1 atom stereocenters. The van der Waals surface area contributed by atoms with Gasteiger partial charge in [0.05, 0.1) is 12.0 Å². The Kier molecular flexibility index (Phi) is 4.01. The minimum Gasteiger partial charge on any atom is -0.352 e. The van der Waals surface area contributed by atoms with E-state index in [0.29, 0.717) is 6.04 Å². The van der Waals surface area contributed by atoms with E-state index in [-0.39, 0.29) is 18.0 Å². The summed E-state index contributed by atoms with van der Waals surface area (Å²) < 4.78 is 1.94. The second-order valence-corrected chi connectivity index (χ2v) is 5.29. The first-order chi connectivity index (χ1) is 8.58. The third-order valence-electron chi connectivity index (χ3n) is 3.12. The van der Waals surface area contributed by atoms with Crippen LogP contribution in [0.1, 0.15) is 45.3 Å². The molecule has 0 radical (unpaired) electrons. The molecule has 1 aliphatic carbocycles. The van der Waals surface area contributed by atoms with Crippen molar-refractivity contribution in [2.45, 2.75) is 58.3 Å². The number of aromatic nitrogens is 2. The number of carbonyl (C=O) groups excluding carboxylic acids is 1. The second-order valence-electron chi connectivity index (χ2n) is 5.29. The summed E-state index contributed by atoms with van der Waals surface area (Å²) in [5.41, 5.74) is 1.06. The SMILES string of the molecule is CC(C)NC(=O)C(C)n1cncc1CNC1CC1. The Morgan fingerprint density at radius 1 is 1.50 bits per heavy atom. The predicted molar refractivity (Wildman–Crippen MR) is 70.1 cm³/mol. The van der Waals surface area contributed by atoms with Crippen molar-refractivity contribution in [1.82, 2.24) is 20.2 Å². The fourth-order valence-corrected chi connectivity index (χ4v) is 1.89. The Balaban J connectivity index is 1.97. The lowest BCUT2D eigenvalue weighted by atomic mass is 10.2. The maximum Gasteiger partial charge on any atom is 0.243 e.